The van der Waals surface area contributed by atoms with Crippen LogP contribution in [0.2, 0.25) is 0 Å². The summed E-state index contributed by atoms with van der Waals surface area (Å²) < 4.78 is 63.5. The number of hydrogen-bond acceptors (Lipinski definition) is 20. The maximum Gasteiger partial charge on any atom is 1.00 e. The Kier molecular flexibility index (Phi) is 54.6. The van der Waals surface area contributed by atoms with E-state index in [1.54, 1.807) is 0 Å². The van der Waals surface area contributed by atoms with Gasteiger partial charge in [0.05, 0.1) is 22.3 Å². The topological polar surface area (TPSA) is 343 Å². The number of phosphoric acid groups is 3. The van der Waals surface area contributed by atoms with Gasteiger partial charge in [0, 0.05) is 12.8 Å². The molecule has 0 saturated heterocycles. The molecule has 0 spiro atoms. The molecule has 0 radical (unpaired) electrons. The van der Waals surface area contributed by atoms with Crippen LogP contribution in [0.5, 0.6) is 0 Å². The molecule has 1 aliphatic carbocycles. The number of rotatable bonds is 37. The average Bonchev–Trinajstić information content (AvgIpc) is 3.16. The van der Waals surface area contributed by atoms with E-state index in [-0.39, 0.29) is 161 Å². The molecular weight excluding hydrogens is 970 g/mol. The summed E-state index contributed by atoms with van der Waals surface area (Å²) in [4.78, 5) is 83.1. The second-order valence-corrected chi connectivity index (χ2v) is 18.9. The zero-order chi connectivity index (χ0) is 45.0. The largest absolute Gasteiger partial charge is 1.00 e. The minimum absolute atomic E-state index is 0. The molecule has 28 heteroatoms. The Bertz CT molecular complexity index is 1330. The fraction of sp³-hybridized carbons (Fsp3) is 0.946. The van der Waals surface area contributed by atoms with Crippen molar-refractivity contribution >= 4 is 35.4 Å². The van der Waals surface area contributed by atoms with E-state index in [2.05, 4.69) is 20.5 Å². The van der Waals surface area contributed by atoms with Gasteiger partial charge < -0.3 is 82.2 Å². The van der Waals surface area contributed by atoms with Crippen molar-refractivity contribution in [1.29, 1.82) is 0 Å². The van der Waals surface area contributed by atoms with Gasteiger partial charge in [0.15, 0.2) is 6.10 Å². The van der Waals surface area contributed by atoms with Crippen molar-refractivity contribution in [2.75, 3.05) is 19.8 Å². The third kappa shape index (κ3) is 41.1. The molecule has 65 heavy (non-hydrogen) atoms. The number of aliphatic hydroxyl groups is 3. The van der Waals surface area contributed by atoms with Crippen LogP contribution < -0.4 is 178 Å². The number of esters is 2. The molecule has 0 aromatic carbocycles. The van der Waals surface area contributed by atoms with E-state index < -0.39 is 91.3 Å². The molecule has 1 fully saturated rings. The van der Waals surface area contributed by atoms with Gasteiger partial charge in [-0.1, -0.05) is 129 Å². The molecule has 1 aliphatic rings. The van der Waals surface area contributed by atoms with Crippen LogP contribution in [0.4, 0.5) is 0 Å². The Morgan fingerprint density at radius 2 is 0.862 bits per heavy atom. The molecule has 8 atom stereocenters. The van der Waals surface area contributed by atoms with E-state index >= 15 is 0 Å². The number of carbonyl (C=O) groups excluding carboxylic acids is 2. The summed E-state index contributed by atoms with van der Waals surface area (Å²) in [5.74, 6) is -1.38. The predicted octanol–water partition coefficient (Wildman–Crippen LogP) is -12.8. The third-order valence-electron chi connectivity index (χ3n) is 9.99. The van der Waals surface area contributed by atoms with Gasteiger partial charge in [-0.2, -0.15) is 0 Å². The van der Waals surface area contributed by atoms with E-state index in [4.69, 9.17) is 19.7 Å². The summed E-state index contributed by atoms with van der Waals surface area (Å²) in [5.41, 5.74) is 5.51. The Morgan fingerprint density at radius 3 is 1.26 bits per heavy atom. The van der Waals surface area contributed by atoms with Crippen LogP contribution in [0.3, 0.4) is 0 Å². The number of nitrogens with two attached hydrogens (primary N) is 1. The molecular formula is C37H69NNa5O19P3. The van der Waals surface area contributed by atoms with Crippen LogP contribution in [-0.2, 0) is 50.9 Å². The second kappa shape index (κ2) is 45.5. The number of ether oxygens (including phenoxy) is 2. The molecule has 0 aliphatic heterocycles. The third-order valence-corrected chi connectivity index (χ3v) is 12.0. The van der Waals surface area contributed by atoms with E-state index in [1.807, 2.05) is 0 Å². The van der Waals surface area contributed by atoms with Crippen LogP contribution >= 0.6 is 23.5 Å². The van der Waals surface area contributed by atoms with Crippen LogP contribution in [-0.4, -0.2) is 89.7 Å². The van der Waals surface area contributed by atoms with Crippen molar-refractivity contribution < 1.29 is 238 Å². The summed E-state index contributed by atoms with van der Waals surface area (Å²) in [6.45, 7) is 1.24. The van der Waals surface area contributed by atoms with Gasteiger partial charge in [-0.3, -0.25) is 14.2 Å². The van der Waals surface area contributed by atoms with Gasteiger partial charge in [-0.15, -0.1) is 0 Å². The molecule has 0 amide bonds. The molecule has 356 valence electrons. The Labute approximate surface area is 496 Å². The molecule has 0 aromatic heterocycles. The molecule has 20 nitrogen and oxygen atoms in total. The summed E-state index contributed by atoms with van der Waals surface area (Å²) in [5, 5.41) is 31.4. The molecule has 0 aromatic rings. The van der Waals surface area contributed by atoms with Crippen LogP contribution in [0.1, 0.15) is 161 Å². The number of carbonyl (C=O) groups is 2. The Hall–Kier alpha value is 4.11. The van der Waals surface area contributed by atoms with E-state index in [0.717, 1.165) is 83.5 Å². The normalized spacial score (nSPS) is 20.9. The van der Waals surface area contributed by atoms with Crippen molar-refractivity contribution in [2.24, 2.45) is 5.73 Å². The SMILES string of the molecule is CCCCCCCCCCCCCCCC(=O)O[C@H](COC(=O)CCCCCCCCCCCN)COP(=O)([O-])OC1C(O)[C@@H](OP(=O)([O-])[O-])C(OP(=O)([O-])[O-])[C@@H](O)[C@H]1O.[Na+].[Na+].[Na+].[Na+].[Na+]. The van der Waals surface area contributed by atoms with Gasteiger partial charge >= 0.3 is 160 Å². The molecule has 0 bridgehead atoms. The Morgan fingerprint density at radius 1 is 0.508 bits per heavy atom. The predicted molar refractivity (Wildman–Crippen MR) is 208 cm³/mol. The van der Waals surface area contributed by atoms with Gasteiger partial charge in [0.2, 0.25) is 0 Å². The van der Waals surface area contributed by atoms with Gasteiger partial charge in [0.1, 0.15) is 43.2 Å². The first-order chi connectivity index (χ1) is 28.3. The van der Waals surface area contributed by atoms with Crippen molar-refractivity contribution in [2.45, 2.75) is 204 Å². The molecule has 1 rings (SSSR count). The van der Waals surface area contributed by atoms with Crippen LogP contribution in [0.25, 0.3) is 0 Å². The zero-order valence-electron chi connectivity index (χ0n) is 39.9. The standard InChI is InChI=1S/C37H74NO19P3.5Na/c1-2-3-4-5-6-7-8-9-10-12-16-19-22-25-31(40)54-29(27-52-30(39)24-21-18-15-13-11-14-17-20-23-26-38)28-53-60(50,51)57-35-32(41)33(42)36(55-58(44,45)46)37(34(35)43)56-59(47,48)49;;;;;/h29,32-37,41-43H,2-28,38H2,1H3,(H,50,51)(H2,44,45,46)(H2,47,48,49);;;;;/q;5*+1/p-5/t29-,32-,33+,34?,35?,36?,37-;;;;;/m1...../s1. The average molecular weight is 1040 g/mol. The van der Waals surface area contributed by atoms with Crippen LogP contribution in [0.15, 0.2) is 0 Å². The number of unbranched alkanes of at least 4 members (excludes halogenated alkanes) is 20. The monoisotopic (exact) mass is 1040 g/mol. The molecule has 5 N–H and O–H groups in total. The van der Waals surface area contributed by atoms with Crippen molar-refractivity contribution in [3.05, 3.63) is 0 Å². The first-order valence-corrected chi connectivity index (χ1v) is 25.8. The number of phosphoric ester groups is 3. The smallest absolute Gasteiger partial charge is 0.790 e. The van der Waals surface area contributed by atoms with E-state index in [1.165, 1.54) is 44.9 Å². The van der Waals surface area contributed by atoms with Gasteiger partial charge in [-0.25, -0.2) is 0 Å². The zero-order valence-corrected chi connectivity index (χ0v) is 52.6. The van der Waals surface area contributed by atoms with Crippen molar-refractivity contribution in [1.82, 2.24) is 0 Å². The van der Waals surface area contributed by atoms with E-state index in [0.29, 0.717) is 19.4 Å². The molecule has 1 saturated carbocycles. The summed E-state index contributed by atoms with van der Waals surface area (Å²) >= 11 is 0. The quantitative estimate of drug-likeness (QED) is 0.0194. The first kappa shape index (κ1) is 78.0. The fourth-order valence-corrected chi connectivity index (χ4v) is 8.79. The first-order valence-electron chi connectivity index (χ1n) is 21.4. The van der Waals surface area contributed by atoms with Gasteiger partial charge in [-0.05, 0) is 25.8 Å². The van der Waals surface area contributed by atoms with Gasteiger partial charge in [0.25, 0.3) is 7.82 Å². The minimum Gasteiger partial charge on any atom is -0.790 e. The maximum atomic E-state index is 12.9. The fourth-order valence-electron chi connectivity index (χ4n) is 6.75. The van der Waals surface area contributed by atoms with E-state index in [9.17, 15) is 63.1 Å². The number of hydrogen-bond donors (Lipinski definition) is 4. The second-order valence-electron chi connectivity index (χ2n) is 15.3. The minimum atomic E-state index is -6.15. The summed E-state index contributed by atoms with van der Waals surface area (Å²) in [7, 11) is -18.0. The summed E-state index contributed by atoms with van der Waals surface area (Å²) in [6, 6.07) is 0. The maximum absolute atomic E-state index is 12.9. The Balaban J connectivity index is -0.00000240. The van der Waals surface area contributed by atoms with Crippen molar-refractivity contribution in [3.8, 4) is 0 Å². The molecule has 0 heterocycles. The molecule has 4 unspecified atom stereocenters. The van der Waals surface area contributed by atoms with Crippen molar-refractivity contribution in [3.63, 3.8) is 0 Å². The summed E-state index contributed by atoms with van der Waals surface area (Å²) in [6.07, 6.45) is 5.23. The number of aliphatic hydroxyl groups excluding tert-OH is 3. The van der Waals surface area contributed by atoms with Crippen LogP contribution in [0, 0.1) is 0 Å².